The number of hydrogen-bond acceptors (Lipinski definition) is 2. The molecule has 2 aromatic rings. The second kappa shape index (κ2) is 5.55. The van der Waals surface area contributed by atoms with Crippen LogP contribution < -0.4 is 5.32 Å². The van der Waals surface area contributed by atoms with Crippen LogP contribution in [-0.4, -0.2) is 10.9 Å². The molecule has 3 nitrogen and oxygen atoms in total. The van der Waals surface area contributed by atoms with Crippen molar-refractivity contribution in [3.63, 3.8) is 0 Å². The lowest BCUT2D eigenvalue weighted by atomic mass is 10.2. The summed E-state index contributed by atoms with van der Waals surface area (Å²) in [6.45, 7) is 1.71. The molecule has 0 atom stereocenters. The molecule has 0 fully saturated rings. The largest absolute Gasteiger partial charge is 0.319 e. The molecule has 0 aliphatic rings. The monoisotopic (exact) mass is 298 g/mol. The molecule has 0 spiro atoms. The molecule has 1 N–H and O–H groups in total. The summed E-state index contributed by atoms with van der Waals surface area (Å²) in [5, 5.41) is 2.59. The minimum Gasteiger partial charge on any atom is -0.319 e. The third-order valence-electron chi connectivity index (χ3n) is 2.38. The lowest BCUT2D eigenvalue weighted by molar-refractivity contribution is 0.102. The zero-order valence-corrected chi connectivity index (χ0v) is 11.4. The van der Waals surface area contributed by atoms with Crippen LogP contribution >= 0.6 is 23.2 Å². The third-order valence-corrected chi connectivity index (χ3v) is 2.87. The van der Waals surface area contributed by atoms with E-state index < -0.39 is 11.7 Å². The van der Waals surface area contributed by atoms with Crippen molar-refractivity contribution in [3.8, 4) is 0 Å². The van der Waals surface area contributed by atoms with Crippen molar-refractivity contribution < 1.29 is 9.18 Å². The number of halogens is 3. The Labute approximate surface area is 119 Å². The van der Waals surface area contributed by atoms with Crippen LogP contribution in [0.2, 0.25) is 10.2 Å². The first-order valence-electron chi connectivity index (χ1n) is 5.37. The molecule has 0 bridgehead atoms. The van der Waals surface area contributed by atoms with Gasteiger partial charge in [-0.15, -0.1) is 0 Å². The first-order chi connectivity index (χ1) is 8.97. The Hall–Kier alpha value is -1.65. The van der Waals surface area contributed by atoms with Crippen molar-refractivity contribution in [1.29, 1.82) is 0 Å². The standard InChI is InChI=1S/C13H9Cl2FN2O/c1-7-5-8(6-11(15)17-7)13(19)18-10-4-2-3-9(14)12(10)16/h2-6H,1H3,(H,18,19). The van der Waals surface area contributed by atoms with E-state index in [4.69, 9.17) is 23.2 Å². The lowest BCUT2D eigenvalue weighted by Gasteiger charge is -2.08. The van der Waals surface area contributed by atoms with Crippen molar-refractivity contribution in [3.05, 3.63) is 57.6 Å². The second-order valence-corrected chi connectivity index (χ2v) is 4.67. The van der Waals surface area contributed by atoms with Crippen LogP contribution in [0.15, 0.2) is 30.3 Å². The van der Waals surface area contributed by atoms with Gasteiger partial charge in [0.15, 0.2) is 5.82 Å². The summed E-state index contributed by atoms with van der Waals surface area (Å²) in [6.07, 6.45) is 0. The van der Waals surface area contributed by atoms with Crippen LogP contribution in [0.3, 0.4) is 0 Å². The van der Waals surface area contributed by atoms with Crippen LogP contribution in [0.5, 0.6) is 0 Å². The molecule has 98 valence electrons. The first-order valence-corrected chi connectivity index (χ1v) is 6.12. The number of aryl methyl sites for hydroxylation is 1. The number of nitrogens with one attached hydrogen (secondary N) is 1. The number of nitrogens with zero attached hydrogens (tertiary/aromatic N) is 1. The summed E-state index contributed by atoms with van der Waals surface area (Å²) >= 11 is 11.4. The van der Waals surface area contributed by atoms with Gasteiger partial charge in [0.25, 0.3) is 5.91 Å². The van der Waals surface area contributed by atoms with Crippen molar-refractivity contribution in [2.75, 3.05) is 5.32 Å². The molecule has 2 rings (SSSR count). The Morgan fingerprint density at radius 3 is 2.74 bits per heavy atom. The minimum absolute atomic E-state index is 0.0167. The molecule has 1 heterocycles. The molecule has 0 saturated heterocycles. The number of aromatic nitrogens is 1. The van der Waals surface area contributed by atoms with Crippen molar-refractivity contribution in [1.82, 2.24) is 4.98 Å². The van der Waals surface area contributed by atoms with E-state index in [2.05, 4.69) is 10.3 Å². The molecular weight excluding hydrogens is 290 g/mol. The number of hydrogen-bond donors (Lipinski definition) is 1. The van der Waals surface area contributed by atoms with Gasteiger partial charge in [0, 0.05) is 11.3 Å². The van der Waals surface area contributed by atoms with Gasteiger partial charge in [0.05, 0.1) is 10.7 Å². The number of amides is 1. The van der Waals surface area contributed by atoms with Crippen LogP contribution in [-0.2, 0) is 0 Å². The van der Waals surface area contributed by atoms with Crippen molar-refractivity contribution >= 4 is 34.8 Å². The summed E-state index contributed by atoms with van der Waals surface area (Å²) in [4.78, 5) is 15.9. The fourth-order valence-electron chi connectivity index (χ4n) is 1.55. The van der Waals surface area contributed by atoms with E-state index in [1.165, 1.54) is 18.2 Å². The van der Waals surface area contributed by atoms with Gasteiger partial charge in [0.1, 0.15) is 5.15 Å². The SMILES string of the molecule is Cc1cc(C(=O)Nc2cccc(Cl)c2F)cc(Cl)n1. The molecular formula is C13H9Cl2FN2O. The summed E-state index contributed by atoms with van der Waals surface area (Å²) in [7, 11) is 0. The maximum absolute atomic E-state index is 13.7. The predicted molar refractivity (Wildman–Crippen MR) is 73.3 cm³/mol. The molecule has 1 aromatic heterocycles. The van der Waals surface area contributed by atoms with Gasteiger partial charge in [-0.2, -0.15) is 0 Å². The number of carbonyl (C=O) groups is 1. The number of carbonyl (C=O) groups excluding carboxylic acids is 1. The molecule has 0 radical (unpaired) electrons. The van der Waals surface area contributed by atoms with E-state index in [0.29, 0.717) is 11.3 Å². The topological polar surface area (TPSA) is 42.0 Å². The summed E-state index contributed by atoms with van der Waals surface area (Å²) < 4.78 is 13.7. The molecule has 0 aliphatic carbocycles. The van der Waals surface area contributed by atoms with E-state index >= 15 is 0 Å². The van der Waals surface area contributed by atoms with Gasteiger partial charge in [-0.05, 0) is 31.2 Å². The van der Waals surface area contributed by atoms with E-state index in [9.17, 15) is 9.18 Å². The Balaban J connectivity index is 2.28. The minimum atomic E-state index is -0.672. The molecule has 19 heavy (non-hydrogen) atoms. The highest BCUT2D eigenvalue weighted by molar-refractivity contribution is 6.31. The van der Waals surface area contributed by atoms with E-state index in [0.717, 1.165) is 0 Å². The van der Waals surface area contributed by atoms with E-state index in [1.807, 2.05) is 0 Å². The molecule has 0 saturated carbocycles. The lowest BCUT2D eigenvalue weighted by Crippen LogP contribution is -2.13. The average molecular weight is 299 g/mol. The van der Waals surface area contributed by atoms with Crippen molar-refractivity contribution in [2.45, 2.75) is 6.92 Å². The van der Waals surface area contributed by atoms with E-state index in [-0.39, 0.29) is 15.9 Å². The zero-order chi connectivity index (χ0) is 14.0. The molecule has 6 heteroatoms. The summed E-state index contributed by atoms with van der Waals surface area (Å²) in [6, 6.07) is 7.34. The maximum Gasteiger partial charge on any atom is 0.255 e. The third kappa shape index (κ3) is 3.22. The second-order valence-electron chi connectivity index (χ2n) is 3.88. The highest BCUT2D eigenvalue weighted by atomic mass is 35.5. The van der Waals surface area contributed by atoms with Crippen LogP contribution in [0, 0.1) is 12.7 Å². The van der Waals surface area contributed by atoms with Gasteiger partial charge in [-0.1, -0.05) is 29.3 Å². The van der Waals surface area contributed by atoms with Gasteiger partial charge >= 0.3 is 0 Å². The Morgan fingerprint density at radius 1 is 1.32 bits per heavy atom. The smallest absolute Gasteiger partial charge is 0.255 e. The van der Waals surface area contributed by atoms with E-state index in [1.54, 1.807) is 19.1 Å². The first kappa shape index (κ1) is 13.8. The molecule has 0 unspecified atom stereocenters. The number of anilines is 1. The average Bonchev–Trinajstić information content (AvgIpc) is 2.33. The van der Waals surface area contributed by atoms with Crippen LogP contribution in [0.4, 0.5) is 10.1 Å². The quantitative estimate of drug-likeness (QED) is 0.849. The summed E-state index contributed by atoms with van der Waals surface area (Å²) in [5.74, 6) is -1.15. The number of pyridine rings is 1. The molecule has 0 aliphatic heterocycles. The fraction of sp³-hybridized carbons (Fsp3) is 0.0769. The van der Waals surface area contributed by atoms with Gasteiger partial charge in [-0.25, -0.2) is 9.37 Å². The molecule has 1 amide bonds. The van der Waals surface area contributed by atoms with Gasteiger partial charge in [0.2, 0.25) is 0 Å². The zero-order valence-electron chi connectivity index (χ0n) is 9.88. The Morgan fingerprint density at radius 2 is 2.05 bits per heavy atom. The predicted octanol–water partition coefficient (Wildman–Crippen LogP) is 4.09. The van der Waals surface area contributed by atoms with Crippen LogP contribution in [0.1, 0.15) is 16.1 Å². The highest BCUT2D eigenvalue weighted by Crippen LogP contribution is 2.22. The number of rotatable bonds is 2. The highest BCUT2D eigenvalue weighted by Gasteiger charge is 2.12. The molecule has 1 aromatic carbocycles. The van der Waals surface area contributed by atoms with Gasteiger partial charge in [-0.3, -0.25) is 4.79 Å². The Bertz CT molecular complexity index is 626. The van der Waals surface area contributed by atoms with Crippen molar-refractivity contribution in [2.24, 2.45) is 0 Å². The normalized spacial score (nSPS) is 10.3. The van der Waals surface area contributed by atoms with Gasteiger partial charge < -0.3 is 5.32 Å². The van der Waals surface area contributed by atoms with Crippen LogP contribution in [0.25, 0.3) is 0 Å². The maximum atomic E-state index is 13.7. The summed E-state index contributed by atoms with van der Waals surface area (Å²) in [5.41, 5.74) is 0.921. The number of benzene rings is 1. The Kier molecular flexibility index (Phi) is 4.02. The fourth-order valence-corrected chi connectivity index (χ4v) is 1.98.